The van der Waals surface area contributed by atoms with Crippen molar-refractivity contribution in [2.75, 3.05) is 13.2 Å². The minimum Gasteiger partial charge on any atom is -0.466 e. The van der Waals surface area contributed by atoms with E-state index in [9.17, 15) is 9.59 Å². The predicted molar refractivity (Wildman–Crippen MR) is 226 cm³/mol. The summed E-state index contributed by atoms with van der Waals surface area (Å²) in [6.45, 7) is 11.9. The first kappa shape index (κ1) is 53.0. The van der Waals surface area contributed by atoms with Crippen LogP contribution >= 0.6 is 0 Å². The van der Waals surface area contributed by atoms with Gasteiger partial charge in [-0.1, -0.05) is 227 Å². The number of ether oxygens (including phenoxy) is 3. The van der Waals surface area contributed by atoms with Gasteiger partial charge in [0.05, 0.1) is 13.2 Å². The monoisotopic (exact) mass is 739 g/mol. The lowest BCUT2D eigenvalue weighted by molar-refractivity contribution is -0.175. The van der Waals surface area contributed by atoms with Gasteiger partial charge in [-0.2, -0.15) is 0 Å². The van der Waals surface area contributed by atoms with Crippen molar-refractivity contribution >= 4 is 11.9 Å². The Morgan fingerprint density at radius 3 is 0.981 bits per heavy atom. The van der Waals surface area contributed by atoms with Crippen LogP contribution in [0.3, 0.4) is 0 Å². The Labute approximate surface area is 326 Å². The van der Waals surface area contributed by atoms with Gasteiger partial charge in [0.25, 0.3) is 0 Å². The fourth-order valence-electron chi connectivity index (χ4n) is 6.56. The maximum absolute atomic E-state index is 11.7. The zero-order chi connectivity index (χ0) is 38.4. The minimum absolute atomic E-state index is 0.00537. The van der Waals surface area contributed by atoms with Crippen LogP contribution < -0.4 is 0 Å². The fourth-order valence-corrected chi connectivity index (χ4v) is 6.56. The summed E-state index contributed by atoms with van der Waals surface area (Å²) < 4.78 is 15.9. The van der Waals surface area contributed by atoms with Crippen LogP contribution in [0.15, 0.2) is 0 Å². The van der Waals surface area contributed by atoms with E-state index in [1.807, 2.05) is 0 Å². The lowest BCUT2D eigenvalue weighted by Gasteiger charge is -2.13. The molecule has 0 rings (SSSR count). The van der Waals surface area contributed by atoms with E-state index in [4.69, 9.17) is 14.2 Å². The molecule has 0 aliphatic heterocycles. The molecule has 0 heterocycles. The zero-order valence-corrected chi connectivity index (χ0v) is 36.2. The minimum atomic E-state index is -0.402. The molecule has 0 aromatic heterocycles. The highest BCUT2D eigenvalue weighted by Crippen LogP contribution is 2.15. The molecule has 0 N–H and O–H groups in total. The first-order chi connectivity index (χ1) is 25.5. The summed E-state index contributed by atoms with van der Waals surface area (Å²) in [5, 5.41) is 0. The molecule has 0 fully saturated rings. The first-order valence-electron chi connectivity index (χ1n) is 23.5. The fraction of sp³-hybridized carbons (Fsp3) is 0.957. The highest BCUT2D eigenvalue weighted by Gasteiger charge is 2.09. The van der Waals surface area contributed by atoms with Gasteiger partial charge in [0, 0.05) is 12.8 Å². The molecule has 5 nitrogen and oxygen atoms in total. The van der Waals surface area contributed by atoms with E-state index in [1.165, 1.54) is 180 Å². The van der Waals surface area contributed by atoms with Crippen LogP contribution in [-0.2, 0) is 23.8 Å². The van der Waals surface area contributed by atoms with Gasteiger partial charge in [0.2, 0.25) is 0 Å². The molecule has 0 radical (unpaired) electrons. The lowest BCUT2D eigenvalue weighted by atomic mass is 10.0. The number of carbonyl (C=O) groups is 2. The number of hydrogen-bond donors (Lipinski definition) is 0. The van der Waals surface area contributed by atoms with E-state index in [-0.39, 0.29) is 11.9 Å². The summed E-state index contributed by atoms with van der Waals surface area (Å²) in [4.78, 5) is 23.2. The van der Waals surface area contributed by atoms with Gasteiger partial charge in [-0.3, -0.25) is 9.59 Å². The standard InChI is InChI=1S/C24H48O3.C23H46O2/c1-4-6-8-9-10-11-12-13-14-15-16-17-18-19-20-21-24(25)27-23(3)26-22-7-5-2;1-3-5-7-8-9-10-11-12-13-14-15-16-17-18-19-21-23(24)25-22-20-6-4-2/h23H,4-22H2,1-3H3;3-22H2,1-2H3. The van der Waals surface area contributed by atoms with E-state index in [1.54, 1.807) is 6.92 Å². The van der Waals surface area contributed by atoms with Gasteiger partial charge in [0.1, 0.15) is 0 Å². The second-order valence-electron chi connectivity index (χ2n) is 15.6. The average molecular weight is 739 g/mol. The van der Waals surface area contributed by atoms with Crippen molar-refractivity contribution in [1.82, 2.24) is 0 Å². The second kappa shape index (κ2) is 47.9. The average Bonchev–Trinajstić information content (AvgIpc) is 3.13. The first-order valence-corrected chi connectivity index (χ1v) is 23.5. The molecule has 0 aromatic carbocycles. The summed E-state index contributed by atoms with van der Waals surface area (Å²) >= 11 is 0. The molecule has 0 spiro atoms. The van der Waals surface area contributed by atoms with Crippen LogP contribution in [0.2, 0.25) is 0 Å². The van der Waals surface area contributed by atoms with E-state index >= 15 is 0 Å². The van der Waals surface area contributed by atoms with Crippen molar-refractivity contribution < 1.29 is 23.8 Å². The molecule has 0 aliphatic carbocycles. The Morgan fingerprint density at radius 2 is 0.635 bits per heavy atom. The van der Waals surface area contributed by atoms with Crippen LogP contribution in [0, 0.1) is 0 Å². The summed E-state index contributed by atoms with van der Waals surface area (Å²) in [5.74, 6) is -0.112. The number of unbranched alkanes of at least 4 members (excludes halogenated alkanes) is 31. The molecule has 52 heavy (non-hydrogen) atoms. The molecule has 0 saturated heterocycles. The zero-order valence-electron chi connectivity index (χ0n) is 36.2. The third kappa shape index (κ3) is 48.9. The van der Waals surface area contributed by atoms with Gasteiger partial charge in [-0.05, 0) is 32.6 Å². The quantitative estimate of drug-likeness (QED) is 0.0355. The molecule has 1 atom stereocenters. The van der Waals surface area contributed by atoms with Gasteiger partial charge in [-0.25, -0.2) is 0 Å². The summed E-state index contributed by atoms with van der Waals surface area (Å²) in [5.41, 5.74) is 0. The third-order valence-electron chi connectivity index (χ3n) is 10.1. The number of carbonyl (C=O) groups excluding carboxylic acids is 2. The molecule has 5 heteroatoms. The molecule has 0 aromatic rings. The van der Waals surface area contributed by atoms with Crippen LogP contribution in [0.5, 0.6) is 0 Å². The Morgan fingerprint density at radius 1 is 0.346 bits per heavy atom. The molecule has 0 amide bonds. The van der Waals surface area contributed by atoms with Crippen molar-refractivity contribution in [1.29, 1.82) is 0 Å². The molecule has 0 bridgehead atoms. The smallest absolute Gasteiger partial charge is 0.308 e. The summed E-state index contributed by atoms with van der Waals surface area (Å²) in [7, 11) is 0. The SMILES string of the molecule is CCCCCCCCCCCCCCCCCC(=O)OC(C)OCCCC.CCCCCCCCCCCCCCCCCC(=O)OCCCCC. The number of hydrogen-bond acceptors (Lipinski definition) is 5. The number of esters is 2. The van der Waals surface area contributed by atoms with Crippen molar-refractivity contribution in [3.8, 4) is 0 Å². The van der Waals surface area contributed by atoms with E-state index in [0.29, 0.717) is 26.1 Å². The molecular formula is C47H94O5. The van der Waals surface area contributed by atoms with Crippen molar-refractivity contribution in [3.63, 3.8) is 0 Å². The molecule has 0 saturated carbocycles. The van der Waals surface area contributed by atoms with Crippen LogP contribution in [-0.4, -0.2) is 31.4 Å². The van der Waals surface area contributed by atoms with E-state index in [0.717, 1.165) is 44.9 Å². The maximum Gasteiger partial charge on any atom is 0.308 e. The Hall–Kier alpha value is -1.10. The van der Waals surface area contributed by atoms with Crippen molar-refractivity contribution in [3.05, 3.63) is 0 Å². The largest absolute Gasteiger partial charge is 0.466 e. The van der Waals surface area contributed by atoms with Gasteiger partial charge >= 0.3 is 11.9 Å². The summed E-state index contributed by atoms with van der Waals surface area (Å²) in [6.07, 6.45) is 46.7. The highest BCUT2D eigenvalue weighted by molar-refractivity contribution is 5.69. The topological polar surface area (TPSA) is 61.8 Å². The number of rotatable bonds is 41. The molecule has 0 aliphatic rings. The lowest BCUT2D eigenvalue weighted by Crippen LogP contribution is -2.18. The van der Waals surface area contributed by atoms with Gasteiger partial charge < -0.3 is 14.2 Å². The normalized spacial score (nSPS) is 11.6. The molecule has 1 unspecified atom stereocenters. The van der Waals surface area contributed by atoms with Crippen LogP contribution in [0.25, 0.3) is 0 Å². The maximum atomic E-state index is 11.7. The van der Waals surface area contributed by atoms with E-state index < -0.39 is 6.29 Å². The summed E-state index contributed by atoms with van der Waals surface area (Å²) in [6, 6.07) is 0. The Kier molecular flexibility index (Phi) is 48.8. The van der Waals surface area contributed by atoms with Crippen LogP contribution in [0.4, 0.5) is 0 Å². The molecular weight excluding hydrogens is 645 g/mol. The van der Waals surface area contributed by atoms with Crippen LogP contribution in [0.1, 0.15) is 272 Å². The Bertz CT molecular complexity index is 681. The van der Waals surface area contributed by atoms with Crippen molar-refractivity contribution in [2.45, 2.75) is 278 Å². The van der Waals surface area contributed by atoms with E-state index in [2.05, 4.69) is 27.7 Å². The Balaban J connectivity index is 0. The second-order valence-corrected chi connectivity index (χ2v) is 15.6. The van der Waals surface area contributed by atoms with Crippen molar-refractivity contribution in [2.24, 2.45) is 0 Å². The van der Waals surface area contributed by atoms with Gasteiger partial charge in [-0.15, -0.1) is 0 Å². The third-order valence-corrected chi connectivity index (χ3v) is 10.1. The molecule has 312 valence electrons. The van der Waals surface area contributed by atoms with Gasteiger partial charge in [0.15, 0.2) is 6.29 Å². The predicted octanol–water partition coefficient (Wildman–Crippen LogP) is 15.9. The highest BCUT2D eigenvalue weighted by atomic mass is 16.7.